The molecule has 0 spiro atoms. The Hall–Kier alpha value is -1.61. The summed E-state index contributed by atoms with van der Waals surface area (Å²) in [6, 6.07) is 11.5. The number of nitrogens with one attached hydrogen (secondary N) is 1. The molecule has 0 amide bonds. The first-order chi connectivity index (χ1) is 9.34. The first kappa shape index (κ1) is 12.4. The highest BCUT2D eigenvalue weighted by Crippen LogP contribution is 2.29. The van der Waals surface area contributed by atoms with E-state index in [-0.39, 0.29) is 0 Å². The highest BCUT2D eigenvalue weighted by molar-refractivity contribution is 5.32. The number of hydrogen-bond acceptors (Lipinski definition) is 2. The van der Waals surface area contributed by atoms with Gasteiger partial charge in [0.15, 0.2) is 0 Å². The summed E-state index contributed by atoms with van der Waals surface area (Å²) in [6.07, 6.45) is 6.68. The van der Waals surface area contributed by atoms with E-state index in [1.54, 1.807) is 0 Å². The van der Waals surface area contributed by atoms with Gasteiger partial charge in [0.05, 0.1) is 0 Å². The SMILES string of the molecule is Cn1nccc1CCNC1CCCc2ccccc21. The molecule has 0 saturated carbocycles. The van der Waals surface area contributed by atoms with E-state index < -0.39 is 0 Å². The van der Waals surface area contributed by atoms with Crippen LogP contribution in [0.2, 0.25) is 0 Å². The lowest BCUT2D eigenvalue weighted by Crippen LogP contribution is -2.27. The number of rotatable bonds is 4. The Kier molecular flexibility index (Phi) is 3.65. The molecule has 1 aliphatic rings. The normalized spacial score (nSPS) is 18.3. The van der Waals surface area contributed by atoms with E-state index in [2.05, 4.69) is 40.7 Å². The van der Waals surface area contributed by atoms with Crippen molar-refractivity contribution in [2.24, 2.45) is 7.05 Å². The van der Waals surface area contributed by atoms with Gasteiger partial charge in [-0.3, -0.25) is 4.68 Å². The molecule has 1 N–H and O–H groups in total. The van der Waals surface area contributed by atoms with Crippen molar-refractivity contribution in [1.82, 2.24) is 15.1 Å². The fourth-order valence-corrected chi connectivity index (χ4v) is 2.99. The molecule has 3 heteroatoms. The summed E-state index contributed by atoms with van der Waals surface area (Å²) in [7, 11) is 2.01. The van der Waals surface area contributed by atoms with E-state index >= 15 is 0 Å². The number of benzene rings is 1. The summed E-state index contributed by atoms with van der Waals surface area (Å²) in [5.74, 6) is 0. The van der Waals surface area contributed by atoms with Crippen LogP contribution in [0.5, 0.6) is 0 Å². The lowest BCUT2D eigenvalue weighted by atomic mass is 9.88. The standard InChI is InChI=1S/C16H21N3/c1-19-14(10-12-18-19)9-11-17-16-8-4-6-13-5-2-3-7-15(13)16/h2-3,5,7,10,12,16-17H,4,6,8-9,11H2,1H3. The Morgan fingerprint density at radius 2 is 2.21 bits per heavy atom. The van der Waals surface area contributed by atoms with Crippen LogP contribution in [0.25, 0.3) is 0 Å². The van der Waals surface area contributed by atoms with Gasteiger partial charge >= 0.3 is 0 Å². The molecule has 3 rings (SSSR count). The van der Waals surface area contributed by atoms with Gasteiger partial charge in [0.2, 0.25) is 0 Å². The van der Waals surface area contributed by atoms with Crippen LogP contribution >= 0.6 is 0 Å². The summed E-state index contributed by atoms with van der Waals surface area (Å²) in [5, 5.41) is 7.91. The van der Waals surface area contributed by atoms with Gasteiger partial charge in [-0.05, 0) is 36.5 Å². The molecule has 1 atom stereocenters. The average molecular weight is 255 g/mol. The largest absolute Gasteiger partial charge is 0.310 e. The Morgan fingerprint density at radius 1 is 1.32 bits per heavy atom. The van der Waals surface area contributed by atoms with Crippen LogP contribution in [0.15, 0.2) is 36.5 Å². The van der Waals surface area contributed by atoms with E-state index in [4.69, 9.17) is 0 Å². The van der Waals surface area contributed by atoms with Crippen LogP contribution in [-0.4, -0.2) is 16.3 Å². The van der Waals surface area contributed by atoms with Crippen molar-refractivity contribution in [2.45, 2.75) is 31.7 Å². The summed E-state index contributed by atoms with van der Waals surface area (Å²) in [4.78, 5) is 0. The lowest BCUT2D eigenvalue weighted by Gasteiger charge is -2.26. The fraction of sp³-hybridized carbons (Fsp3) is 0.438. The first-order valence-corrected chi connectivity index (χ1v) is 7.12. The van der Waals surface area contributed by atoms with E-state index in [0.717, 1.165) is 13.0 Å². The van der Waals surface area contributed by atoms with Gasteiger partial charge in [-0.15, -0.1) is 0 Å². The fourth-order valence-electron chi connectivity index (χ4n) is 2.99. The quantitative estimate of drug-likeness (QED) is 0.910. The molecular weight excluding hydrogens is 234 g/mol. The second-order valence-electron chi connectivity index (χ2n) is 5.29. The van der Waals surface area contributed by atoms with E-state index in [1.807, 2.05) is 17.9 Å². The Morgan fingerprint density at radius 3 is 3.05 bits per heavy atom. The Labute approximate surface area is 114 Å². The van der Waals surface area contributed by atoms with Crippen LogP contribution in [-0.2, 0) is 19.9 Å². The molecule has 0 radical (unpaired) electrons. The molecule has 100 valence electrons. The summed E-state index contributed by atoms with van der Waals surface area (Å²) in [6.45, 7) is 1.01. The first-order valence-electron chi connectivity index (χ1n) is 7.12. The zero-order valence-corrected chi connectivity index (χ0v) is 11.5. The molecule has 1 unspecified atom stereocenters. The van der Waals surface area contributed by atoms with Crippen molar-refractivity contribution < 1.29 is 0 Å². The molecular formula is C16H21N3. The van der Waals surface area contributed by atoms with Crippen molar-refractivity contribution in [1.29, 1.82) is 0 Å². The molecule has 0 aliphatic heterocycles. The van der Waals surface area contributed by atoms with Crippen molar-refractivity contribution in [3.05, 3.63) is 53.3 Å². The molecule has 1 aromatic heterocycles. The molecule has 1 aliphatic carbocycles. The number of aryl methyl sites for hydroxylation is 2. The van der Waals surface area contributed by atoms with Gasteiger partial charge in [0, 0.05) is 37.9 Å². The Balaban J connectivity index is 1.61. The molecule has 1 heterocycles. The van der Waals surface area contributed by atoms with Gasteiger partial charge in [-0.1, -0.05) is 24.3 Å². The summed E-state index contributed by atoms with van der Waals surface area (Å²) >= 11 is 0. The molecule has 3 nitrogen and oxygen atoms in total. The van der Waals surface area contributed by atoms with Gasteiger partial charge in [-0.25, -0.2) is 0 Å². The van der Waals surface area contributed by atoms with Crippen LogP contribution < -0.4 is 5.32 Å². The van der Waals surface area contributed by atoms with E-state index in [9.17, 15) is 0 Å². The summed E-state index contributed by atoms with van der Waals surface area (Å²) in [5.41, 5.74) is 4.31. The third-order valence-electron chi connectivity index (χ3n) is 4.06. The Bertz CT molecular complexity index is 544. The maximum absolute atomic E-state index is 4.21. The summed E-state index contributed by atoms with van der Waals surface area (Å²) < 4.78 is 1.95. The zero-order valence-electron chi connectivity index (χ0n) is 11.5. The average Bonchev–Trinajstić information content (AvgIpc) is 2.85. The molecule has 0 fully saturated rings. The smallest absolute Gasteiger partial charge is 0.0492 e. The van der Waals surface area contributed by atoms with Gasteiger partial charge in [-0.2, -0.15) is 5.10 Å². The molecule has 0 bridgehead atoms. The maximum Gasteiger partial charge on any atom is 0.0492 e. The topological polar surface area (TPSA) is 29.9 Å². The highest BCUT2D eigenvalue weighted by atomic mass is 15.3. The molecule has 1 aromatic carbocycles. The third-order valence-corrected chi connectivity index (χ3v) is 4.06. The zero-order chi connectivity index (χ0) is 13.1. The second-order valence-corrected chi connectivity index (χ2v) is 5.29. The van der Waals surface area contributed by atoms with Gasteiger partial charge in [0.1, 0.15) is 0 Å². The molecule has 2 aromatic rings. The van der Waals surface area contributed by atoms with Crippen molar-refractivity contribution in [2.75, 3.05) is 6.54 Å². The minimum absolute atomic E-state index is 0.526. The minimum Gasteiger partial charge on any atom is -0.310 e. The minimum atomic E-state index is 0.526. The highest BCUT2D eigenvalue weighted by Gasteiger charge is 2.18. The van der Waals surface area contributed by atoms with E-state index in [1.165, 1.54) is 36.1 Å². The predicted molar refractivity (Wildman–Crippen MR) is 77.0 cm³/mol. The van der Waals surface area contributed by atoms with Crippen LogP contribution in [0.4, 0.5) is 0 Å². The maximum atomic E-state index is 4.21. The van der Waals surface area contributed by atoms with Crippen molar-refractivity contribution in [3.63, 3.8) is 0 Å². The number of aromatic nitrogens is 2. The monoisotopic (exact) mass is 255 g/mol. The van der Waals surface area contributed by atoms with Crippen molar-refractivity contribution in [3.8, 4) is 0 Å². The van der Waals surface area contributed by atoms with Crippen LogP contribution in [0.3, 0.4) is 0 Å². The third kappa shape index (κ3) is 2.71. The number of hydrogen-bond donors (Lipinski definition) is 1. The predicted octanol–water partition coefficient (Wildman–Crippen LogP) is 2.63. The van der Waals surface area contributed by atoms with Crippen LogP contribution in [0, 0.1) is 0 Å². The number of nitrogens with zero attached hydrogens (tertiary/aromatic N) is 2. The van der Waals surface area contributed by atoms with Crippen LogP contribution in [0.1, 0.15) is 35.7 Å². The van der Waals surface area contributed by atoms with E-state index in [0.29, 0.717) is 6.04 Å². The van der Waals surface area contributed by atoms with Gasteiger partial charge < -0.3 is 5.32 Å². The second kappa shape index (κ2) is 5.57. The van der Waals surface area contributed by atoms with Gasteiger partial charge in [0.25, 0.3) is 0 Å². The molecule has 0 saturated heterocycles. The molecule has 19 heavy (non-hydrogen) atoms. The van der Waals surface area contributed by atoms with Crippen molar-refractivity contribution >= 4 is 0 Å². The lowest BCUT2D eigenvalue weighted by molar-refractivity contribution is 0.460. The number of fused-ring (bicyclic) bond motifs is 1.